The van der Waals surface area contributed by atoms with Crippen LogP contribution in [0.4, 0.5) is 5.95 Å². The lowest BCUT2D eigenvalue weighted by Gasteiger charge is -2.04. The van der Waals surface area contributed by atoms with Crippen molar-refractivity contribution in [1.29, 1.82) is 0 Å². The fourth-order valence-corrected chi connectivity index (χ4v) is 2.57. The molecule has 1 amide bonds. The van der Waals surface area contributed by atoms with Gasteiger partial charge in [0, 0.05) is 28.6 Å². The number of hydrogen-bond donors (Lipinski definition) is 2. The lowest BCUT2D eigenvalue weighted by molar-refractivity contribution is -0.116. The van der Waals surface area contributed by atoms with Crippen molar-refractivity contribution in [3.8, 4) is 0 Å². The van der Waals surface area contributed by atoms with E-state index in [0.717, 1.165) is 16.7 Å². The summed E-state index contributed by atoms with van der Waals surface area (Å²) < 4.78 is 1.76. The fraction of sp³-hybridized carbons (Fsp3) is 0.294. The van der Waals surface area contributed by atoms with E-state index in [1.165, 1.54) is 6.92 Å². The molecule has 0 aliphatic heterocycles. The molecule has 0 unspecified atom stereocenters. The normalized spacial score (nSPS) is 11.2. The summed E-state index contributed by atoms with van der Waals surface area (Å²) in [5, 5.41) is 10.3. The number of nitrogens with one attached hydrogen (secondary N) is 2. The summed E-state index contributed by atoms with van der Waals surface area (Å²) in [7, 11) is 0. The Kier molecular flexibility index (Phi) is 4.16. The monoisotopic (exact) mass is 325 g/mol. The van der Waals surface area contributed by atoms with Crippen LogP contribution in [0.15, 0.2) is 30.5 Å². The predicted molar refractivity (Wildman–Crippen MR) is 91.0 cm³/mol. The second-order valence-corrected chi connectivity index (χ2v) is 5.99. The molecule has 124 valence electrons. The number of hydrogen-bond acceptors (Lipinski definition) is 4. The number of amides is 1. The minimum Gasteiger partial charge on any atom is -0.337 e. The average molecular weight is 325 g/mol. The van der Waals surface area contributed by atoms with E-state index in [9.17, 15) is 9.59 Å². The number of para-hydroxylation sites is 1. The van der Waals surface area contributed by atoms with E-state index in [1.807, 2.05) is 38.1 Å². The van der Waals surface area contributed by atoms with Crippen LogP contribution >= 0.6 is 0 Å². The molecule has 0 spiro atoms. The van der Waals surface area contributed by atoms with Crippen LogP contribution in [0.2, 0.25) is 0 Å². The molecule has 3 aromatic rings. The van der Waals surface area contributed by atoms with E-state index >= 15 is 0 Å². The Labute approximate surface area is 139 Å². The van der Waals surface area contributed by atoms with Gasteiger partial charge in [0.25, 0.3) is 0 Å². The van der Waals surface area contributed by atoms with E-state index in [0.29, 0.717) is 5.56 Å². The molecule has 0 aliphatic carbocycles. The Balaban J connectivity index is 1.81. The Morgan fingerprint density at radius 2 is 2.04 bits per heavy atom. The van der Waals surface area contributed by atoms with Crippen molar-refractivity contribution >= 4 is 28.5 Å². The molecule has 0 fully saturated rings. The summed E-state index contributed by atoms with van der Waals surface area (Å²) >= 11 is 0. The molecule has 7 heteroatoms. The standard InChI is InChI=1S/C17H19N5O2/c1-10(2)16-19-17(21-20-16)18-15(24)9-22-8-13(11(3)23)12-6-4-5-7-14(12)22/h4-8,10H,9H2,1-3H3,(H2,18,19,20,21,24). The van der Waals surface area contributed by atoms with E-state index in [1.54, 1.807) is 10.8 Å². The van der Waals surface area contributed by atoms with Gasteiger partial charge in [-0.3, -0.25) is 20.0 Å². The van der Waals surface area contributed by atoms with Crippen molar-refractivity contribution < 1.29 is 9.59 Å². The molecular formula is C17H19N5O2. The second kappa shape index (κ2) is 6.27. The summed E-state index contributed by atoms with van der Waals surface area (Å²) in [6.07, 6.45) is 1.71. The number of aromatic nitrogens is 4. The van der Waals surface area contributed by atoms with E-state index in [-0.39, 0.29) is 30.1 Å². The van der Waals surface area contributed by atoms with E-state index in [2.05, 4.69) is 20.5 Å². The second-order valence-electron chi connectivity index (χ2n) is 5.99. The van der Waals surface area contributed by atoms with E-state index in [4.69, 9.17) is 0 Å². The number of benzene rings is 1. The van der Waals surface area contributed by atoms with Gasteiger partial charge in [-0.05, 0) is 13.0 Å². The highest BCUT2D eigenvalue weighted by Gasteiger charge is 2.15. The van der Waals surface area contributed by atoms with Crippen LogP contribution in [0.25, 0.3) is 10.9 Å². The molecule has 2 heterocycles. The zero-order chi connectivity index (χ0) is 17.3. The fourth-order valence-electron chi connectivity index (χ4n) is 2.57. The smallest absolute Gasteiger partial charge is 0.248 e. The Morgan fingerprint density at radius 3 is 2.71 bits per heavy atom. The van der Waals surface area contributed by atoms with Gasteiger partial charge in [-0.25, -0.2) is 0 Å². The van der Waals surface area contributed by atoms with Crippen molar-refractivity contribution in [3.63, 3.8) is 0 Å². The van der Waals surface area contributed by atoms with Crippen LogP contribution in [0, 0.1) is 0 Å². The summed E-state index contributed by atoms with van der Waals surface area (Å²) in [5.41, 5.74) is 1.45. The third-order valence-electron chi connectivity index (χ3n) is 3.78. The topological polar surface area (TPSA) is 92.7 Å². The molecule has 0 aliphatic rings. The van der Waals surface area contributed by atoms with Crippen molar-refractivity contribution in [1.82, 2.24) is 19.7 Å². The maximum atomic E-state index is 12.3. The summed E-state index contributed by atoms with van der Waals surface area (Å²) in [5.74, 6) is 0.901. The van der Waals surface area contributed by atoms with Gasteiger partial charge in [0.1, 0.15) is 12.4 Å². The highest BCUT2D eigenvalue weighted by atomic mass is 16.2. The molecule has 1 aromatic carbocycles. The summed E-state index contributed by atoms with van der Waals surface area (Å²) in [6.45, 7) is 5.58. The minimum atomic E-state index is -0.250. The number of fused-ring (bicyclic) bond motifs is 1. The number of H-pyrrole nitrogens is 1. The SMILES string of the molecule is CC(=O)c1cn(CC(=O)Nc2n[nH]c(C(C)C)n2)c2ccccc12. The first-order valence-corrected chi connectivity index (χ1v) is 7.76. The number of rotatable bonds is 5. The Morgan fingerprint density at radius 1 is 1.29 bits per heavy atom. The summed E-state index contributed by atoms with van der Waals surface area (Å²) in [4.78, 5) is 28.3. The number of Topliss-reactive ketones (excluding diaryl/α,β-unsaturated/α-hetero) is 1. The molecule has 2 aromatic heterocycles. The van der Waals surface area contributed by atoms with Crippen LogP contribution in [-0.4, -0.2) is 31.4 Å². The van der Waals surface area contributed by atoms with Crippen LogP contribution in [-0.2, 0) is 11.3 Å². The molecule has 0 saturated carbocycles. The number of anilines is 1. The molecule has 0 atom stereocenters. The number of nitrogens with zero attached hydrogens (tertiary/aromatic N) is 3. The number of aromatic amines is 1. The van der Waals surface area contributed by atoms with Crippen LogP contribution in [0.1, 0.15) is 42.9 Å². The highest BCUT2D eigenvalue weighted by molar-refractivity contribution is 6.07. The van der Waals surface area contributed by atoms with Crippen LogP contribution in [0.3, 0.4) is 0 Å². The summed E-state index contributed by atoms with van der Waals surface area (Å²) in [6, 6.07) is 7.52. The van der Waals surface area contributed by atoms with Crippen molar-refractivity contribution in [2.75, 3.05) is 5.32 Å². The molecule has 0 bridgehead atoms. The molecule has 24 heavy (non-hydrogen) atoms. The van der Waals surface area contributed by atoms with Gasteiger partial charge < -0.3 is 4.57 Å². The molecule has 3 rings (SSSR count). The zero-order valence-electron chi connectivity index (χ0n) is 13.8. The maximum absolute atomic E-state index is 12.3. The molecular weight excluding hydrogens is 306 g/mol. The van der Waals surface area contributed by atoms with Gasteiger partial charge in [-0.2, -0.15) is 4.98 Å². The average Bonchev–Trinajstić information content (AvgIpc) is 3.13. The first kappa shape index (κ1) is 15.9. The lowest BCUT2D eigenvalue weighted by Crippen LogP contribution is -2.19. The largest absolute Gasteiger partial charge is 0.337 e. The van der Waals surface area contributed by atoms with Crippen molar-refractivity contribution in [2.24, 2.45) is 0 Å². The van der Waals surface area contributed by atoms with Gasteiger partial charge in [0.15, 0.2) is 5.78 Å². The zero-order valence-corrected chi connectivity index (χ0v) is 13.8. The van der Waals surface area contributed by atoms with Gasteiger partial charge >= 0.3 is 0 Å². The molecule has 2 N–H and O–H groups in total. The van der Waals surface area contributed by atoms with Gasteiger partial charge in [-0.15, -0.1) is 5.10 Å². The Bertz CT molecular complexity index is 907. The highest BCUT2D eigenvalue weighted by Crippen LogP contribution is 2.21. The van der Waals surface area contributed by atoms with Gasteiger partial charge in [0.05, 0.1) is 0 Å². The predicted octanol–water partition coefficient (Wildman–Crippen LogP) is 2.72. The van der Waals surface area contributed by atoms with Gasteiger partial charge in [-0.1, -0.05) is 32.0 Å². The molecule has 0 saturated heterocycles. The molecule has 0 radical (unpaired) electrons. The minimum absolute atomic E-state index is 0.0269. The third-order valence-corrected chi connectivity index (χ3v) is 3.78. The first-order valence-electron chi connectivity index (χ1n) is 7.76. The number of carbonyl (C=O) groups excluding carboxylic acids is 2. The third kappa shape index (κ3) is 3.05. The Hall–Kier alpha value is -2.96. The quantitative estimate of drug-likeness (QED) is 0.705. The molecule has 7 nitrogen and oxygen atoms in total. The van der Waals surface area contributed by atoms with Gasteiger partial charge in [0.2, 0.25) is 11.9 Å². The van der Waals surface area contributed by atoms with E-state index < -0.39 is 0 Å². The number of carbonyl (C=O) groups is 2. The first-order chi connectivity index (χ1) is 11.5. The van der Waals surface area contributed by atoms with Crippen LogP contribution < -0.4 is 5.32 Å². The van der Waals surface area contributed by atoms with Crippen molar-refractivity contribution in [3.05, 3.63) is 41.9 Å². The number of ketones is 1. The lowest BCUT2D eigenvalue weighted by atomic mass is 10.1. The maximum Gasteiger partial charge on any atom is 0.248 e. The van der Waals surface area contributed by atoms with Crippen LogP contribution in [0.5, 0.6) is 0 Å². The van der Waals surface area contributed by atoms with Crippen molar-refractivity contribution in [2.45, 2.75) is 33.2 Å².